The molecule has 0 saturated heterocycles. The van der Waals surface area contributed by atoms with Crippen molar-refractivity contribution in [3.05, 3.63) is 108 Å². The van der Waals surface area contributed by atoms with Gasteiger partial charge in [0.2, 0.25) is 0 Å². The molecule has 0 bridgehead atoms. The largest absolute Gasteiger partial charge is 0.480 e. The summed E-state index contributed by atoms with van der Waals surface area (Å²) in [6, 6.07) is 27.7. The molecule has 0 heterocycles. The Morgan fingerprint density at radius 2 is 1.42 bits per heavy atom. The molecular formula is C28H23NO4. The number of hydrogen-bond acceptors (Lipinski definition) is 3. The van der Waals surface area contributed by atoms with Crippen LogP contribution in [0.25, 0.3) is 21.9 Å². The summed E-state index contributed by atoms with van der Waals surface area (Å²) in [6.45, 7) is 0. The van der Waals surface area contributed by atoms with Crippen molar-refractivity contribution in [1.29, 1.82) is 0 Å². The summed E-state index contributed by atoms with van der Waals surface area (Å²) in [5.41, 5.74) is 4.66. The number of fused-ring (bicyclic) bond motifs is 4. The van der Waals surface area contributed by atoms with Crippen molar-refractivity contribution >= 4 is 22.8 Å². The van der Waals surface area contributed by atoms with E-state index >= 15 is 0 Å². The minimum absolute atomic E-state index is 0.159. The first-order valence-electron chi connectivity index (χ1n) is 10.8. The van der Waals surface area contributed by atoms with Crippen LogP contribution in [0.4, 0.5) is 4.79 Å². The molecular weight excluding hydrogens is 414 g/mol. The standard InChI is InChI=1S/C28H23NO4/c1-33-28(32)29(26-23-15-6-4-13-21(23)22-14-5-7-16-24(22)26)25(27(30)31)17-19-11-8-10-18-9-2-3-12-20(18)19/h2-16,25-26H,17H2,1H3,(H,30,31)/t25-/m0/s1. The zero-order valence-corrected chi connectivity index (χ0v) is 18.1. The third kappa shape index (κ3) is 3.52. The minimum Gasteiger partial charge on any atom is -0.480 e. The van der Waals surface area contributed by atoms with Crippen molar-refractivity contribution in [1.82, 2.24) is 4.90 Å². The molecule has 1 amide bonds. The van der Waals surface area contributed by atoms with E-state index in [2.05, 4.69) is 0 Å². The number of methoxy groups -OCH3 is 1. The number of carboxylic acids is 1. The van der Waals surface area contributed by atoms with Crippen LogP contribution < -0.4 is 0 Å². The number of ether oxygens (including phenoxy) is 1. The van der Waals surface area contributed by atoms with Crippen LogP contribution in [-0.4, -0.2) is 35.2 Å². The normalized spacial score (nSPS) is 13.2. The van der Waals surface area contributed by atoms with Gasteiger partial charge in [0.25, 0.3) is 0 Å². The minimum atomic E-state index is -1.12. The summed E-state index contributed by atoms with van der Waals surface area (Å²) in [6.07, 6.45) is -0.508. The first-order chi connectivity index (χ1) is 16.1. The molecule has 5 rings (SSSR count). The van der Waals surface area contributed by atoms with Crippen molar-refractivity contribution in [2.75, 3.05) is 7.11 Å². The van der Waals surface area contributed by atoms with Crippen LogP contribution >= 0.6 is 0 Å². The highest BCUT2D eigenvalue weighted by molar-refractivity contribution is 5.88. The van der Waals surface area contributed by atoms with Crippen molar-refractivity contribution in [3.63, 3.8) is 0 Å². The van der Waals surface area contributed by atoms with Crippen LogP contribution in [0, 0.1) is 0 Å². The lowest BCUT2D eigenvalue weighted by atomic mass is 9.95. The van der Waals surface area contributed by atoms with Crippen LogP contribution in [0.1, 0.15) is 22.7 Å². The van der Waals surface area contributed by atoms with E-state index in [0.29, 0.717) is 0 Å². The highest BCUT2D eigenvalue weighted by atomic mass is 16.5. The fourth-order valence-electron chi connectivity index (χ4n) is 4.93. The second-order valence-corrected chi connectivity index (χ2v) is 8.15. The van der Waals surface area contributed by atoms with Crippen LogP contribution in [0.5, 0.6) is 0 Å². The van der Waals surface area contributed by atoms with Gasteiger partial charge in [-0.2, -0.15) is 0 Å². The number of carbonyl (C=O) groups is 2. The molecule has 0 unspecified atom stereocenters. The summed E-state index contributed by atoms with van der Waals surface area (Å²) in [4.78, 5) is 27.2. The molecule has 1 atom stereocenters. The Bertz CT molecular complexity index is 1310. The van der Waals surface area contributed by atoms with Crippen molar-refractivity contribution in [2.24, 2.45) is 0 Å². The summed E-state index contributed by atoms with van der Waals surface area (Å²) in [7, 11) is 1.29. The number of aliphatic carboxylic acids is 1. The lowest BCUT2D eigenvalue weighted by Gasteiger charge is -2.34. The van der Waals surface area contributed by atoms with E-state index in [1.54, 1.807) is 0 Å². The molecule has 33 heavy (non-hydrogen) atoms. The topological polar surface area (TPSA) is 66.8 Å². The maximum Gasteiger partial charge on any atom is 0.411 e. The molecule has 0 spiro atoms. The maximum absolute atomic E-state index is 13.2. The van der Waals surface area contributed by atoms with Crippen LogP contribution in [0.15, 0.2) is 91.0 Å². The molecule has 1 aliphatic carbocycles. The van der Waals surface area contributed by atoms with Gasteiger partial charge in [-0.3, -0.25) is 4.90 Å². The van der Waals surface area contributed by atoms with E-state index in [1.165, 1.54) is 12.0 Å². The van der Waals surface area contributed by atoms with E-state index in [-0.39, 0.29) is 6.42 Å². The Kier molecular flexibility index (Phi) is 5.31. The van der Waals surface area contributed by atoms with Gasteiger partial charge >= 0.3 is 12.1 Å². The molecule has 4 aromatic rings. The van der Waals surface area contributed by atoms with Crippen LogP contribution in [0.2, 0.25) is 0 Å². The first kappa shape index (κ1) is 20.8. The SMILES string of the molecule is COC(=O)N(C1c2ccccc2-c2ccccc21)[C@@H](Cc1cccc2ccccc12)C(=O)O. The summed E-state index contributed by atoms with van der Waals surface area (Å²) < 4.78 is 5.13. The van der Waals surface area contributed by atoms with Crippen LogP contribution in [-0.2, 0) is 16.0 Å². The Labute approximate surface area is 191 Å². The van der Waals surface area contributed by atoms with Crippen molar-refractivity contribution < 1.29 is 19.4 Å². The molecule has 0 saturated carbocycles. The summed E-state index contributed by atoms with van der Waals surface area (Å²) in [5, 5.41) is 12.3. The second-order valence-electron chi connectivity index (χ2n) is 8.15. The Morgan fingerprint density at radius 1 is 0.848 bits per heavy atom. The molecule has 4 aromatic carbocycles. The Hall–Kier alpha value is -4.12. The average molecular weight is 437 g/mol. The molecule has 1 N–H and O–H groups in total. The third-order valence-corrected chi connectivity index (χ3v) is 6.38. The van der Waals surface area contributed by atoms with Gasteiger partial charge in [0.1, 0.15) is 6.04 Å². The van der Waals surface area contributed by atoms with Gasteiger partial charge in [-0.15, -0.1) is 0 Å². The molecule has 5 nitrogen and oxygen atoms in total. The quantitative estimate of drug-likeness (QED) is 0.437. The molecule has 0 radical (unpaired) electrons. The predicted molar refractivity (Wildman–Crippen MR) is 127 cm³/mol. The average Bonchev–Trinajstić information content (AvgIpc) is 3.18. The molecule has 0 aliphatic heterocycles. The maximum atomic E-state index is 13.2. The number of benzene rings is 4. The van der Waals surface area contributed by atoms with Gasteiger partial charge in [0.15, 0.2) is 0 Å². The molecule has 0 fully saturated rings. The van der Waals surface area contributed by atoms with E-state index < -0.39 is 24.1 Å². The Balaban J connectivity index is 1.65. The van der Waals surface area contributed by atoms with Gasteiger partial charge < -0.3 is 9.84 Å². The van der Waals surface area contributed by atoms with Gasteiger partial charge in [-0.25, -0.2) is 9.59 Å². The fourth-order valence-corrected chi connectivity index (χ4v) is 4.93. The smallest absolute Gasteiger partial charge is 0.411 e. The van der Waals surface area contributed by atoms with E-state index in [0.717, 1.165) is 38.6 Å². The van der Waals surface area contributed by atoms with E-state index in [1.807, 2.05) is 91.0 Å². The third-order valence-electron chi connectivity index (χ3n) is 6.38. The van der Waals surface area contributed by atoms with E-state index in [4.69, 9.17) is 4.74 Å². The number of hydrogen-bond donors (Lipinski definition) is 1. The van der Waals surface area contributed by atoms with Gasteiger partial charge in [0, 0.05) is 6.42 Å². The zero-order chi connectivity index (χ0) is 22.9. The number of amides is 1. The number of carbonyl (C=O) groups excluding carboxylic acids is 1. The van der Waals surface area contributed by atoms with Crippen molar-refractivity contribution in [3.8, 4) is 11.1 Å². The first-order valence-corrected chi connectivity index (χ1v) is 10.8. The zero-order valence-electron chi connectivity index (χ0n) is 18.1. The number of rotatable bonds is 5. The monoisotopic (exact) mass is 437 g/mol. The van der Waals surface area contributed by atoms with Gasteiger partial charge in [0.05, 0.1) is 13.2 Å². The van der Waals surface area contributed by atoms with Gasteiger partial charge in [-0.1, -0.05) is 91.0 Å². The summed E-state index contributed by atoms with van der Waals surface area (Å²) in [5.74, 6) is -1.07. The van der Waals surface area contributed by atoms with Gasteiger partial charge in [-0.05, 0) is 38.6 Å². The lowest BCUT2D eigenvalue weighted by Crippen LogP contribution is -2.48. The second kappa shape index (κ2) is 8.43. The predicted octanol–water partition coefficient (Wildman–Crippen LogP) is 5.67. The van der Waals surface area contributed by atoms with Crippen molar-refractivity contribution in [2.45, 2.75) is 18.5 Å². The Morgan fingerprint density at radius 3 is 2.06 bits per heavy atom. The highest BCUT2D eigenvalue weighted by Gasteiger charge is 2.42. The highest BCUT2D eigenvalue weighted by Crippen LogP contribution is 2.47. The van der Waals surface area contributed by atoms with Crippen LogP contribution in [0.3, 0.4) is 0 Å². The number of nitrogens with zero attached hydrogens (tertiary/aromatic N) is 1. The number of carboxylic acid groups (broad SMARTS) is 1. The molecule has 1 aliphatic rings. The molecule has 5 heteroatoms. The fraction of sp³-hybridized carbons (Fsp3) is 0.143. The lowest BCUT2D eigenvalue weighted by molar-refractivity contribution is -0.143. The van der Waals surface area contributed by atoms with E-state index in [9.17, 15) is 14.7 Å². The molecule has 0 aromatic heterocycles. The molecule has 164 valence electrons. The summed E-state index contributed by atoms with van der Waals surface area (Å²) >= 11 is 0.